The molecular formula is C8H19OPS2. The zero-order chi connectivity index (χ0) is 9.23. The Labute approximate surface area is 84.7 Å². The lowest BCUT2D eigenvalue weighted by atomic mass is 10.4. The van der Waals surface area contributed by atoms with E-state index < -0.39 is 6.20 Å². The quantitative estimate of drug-likeness (QED) is 0.450. The topological polar surface area (TPSA) is 17.1 Å². The molecule has 0 aromatic heterocycles. The van der Waals surface area contributed by atoms with E-state index in [9.17, 15) is 4.57 Å². The summed E-state index contributed by atoms with van der Waals surface area (Å²) in [6.45, 7) is 4.34. The lowest BCUT2D eigenvalue weighted by Gasteiger charge is -1.99. The summed E-state index contributed by atoms with van der Waals surface area (Å²) in [5.41, 5.74) is 0. The summed E-state index contributed by atoms with van der Waals surface area (Å²) in [4.78, 5) is 0. The highest BCUT2D eigenvalue weighted by Crippen LogP contribution is 2.50. The zero-order valence-corrected chi connectivity index (χ0v) is 10.6. The van der Waals surface area contributed by atoms with E-state index in [4.69, 9.17) is 0 Å². The summed E-state index contributed by atoms with van der Waals surface area (Å²) >= 11 is 3.32. The molecule has 0 aromatic rings. The molecule has 0 spiro atoms. The number of hydrogen-bond acceptors (Lipinski definition) is 3. The largest absolute Gasteiger partial charge is 0.304 e. The smallest absolute Gasteiger partial charge is 0.179 e. The fraction of sp³-hybridized carbons (Fsp3) is 1.00. The molecule has 1 nitrogen and oxygen atoms in total. The molecule has 0 N–H and O–H groups in total. The first-order valence-corrected chi connectivity index (χ1v) is 9.43. The molecule has 0 unspecified atom stereocenters. The van der Waals surface area contributed by atoms with E-state index in [2.05, 4.69) is 13.8 Å². The fourth-order valence-corrected chi connectivity index (χ4v) is 6.29. The predicted molar refractivity (Wildman–Crippen MR) is 63.7 cm³/mol. The molecule has 0 fully saturated rings. The minimum absolute atomic E-state index is 1.08. The van der Waals surface area contributed by atoms with Crippen LogP contribution in [0.2, 0.25) is 0 Å². The Morgan fingerprint density at radius 1 is 1.00 bits per heavy atom. The van der Waals surface area contributed by atoms with Gasteiger partial charge in [0.25, 0.3) is 0 Å². The molecule has 0 aliphatic rings. The predicted octanol–water partition coefficient (Wildman–Crippen LogP) is 4.44. The second kappa shape index (κ2) is 10.0. The molecule has 0 heterocycles. The maximum absolute atomic E-state index is 11.3. The van der Waals surface area contributed by atoms with Crippen LogP contribution in [0, 0.1) is 0 Å². The second-order valence-electron chi connectivity index (χ2n) is 2.65. The Kier molecular flexibility index (Phi) is 10.8. The van der Waals surface area contributed by atoms with Crippen molar-refractivity contribution in [2.45, 2.75) is 39.5 Å². The Morgan fingerprint density at radius 2 is 1.42 bits per heavy atom. The van der Waals surface area contributed by atoms with Crippen molar-refractivity contribution in [1.82, 2.24) is 0 Å². The van der Waals surface area contributed by atoms with E-state index in [1.54, 1.807) is 22.8 Å². The fourth-order valence-electron chi connectivity index (χ4n) is 0.641. The minimum atomic E-state index is -1.35. The summed E-state index contributed by atoms with van der Waals surface area (Å²) in [5, 5.41) is 0. The summed E-state index contributed by atoms with van der Waals surface area (Å²) in [6.07, 6.45) is 3.48. The van der Waals surface area contributed by atoms with Crippen LogP contribution < -0.4 is 0 Å². The maximum atomic E-state index is 11.3. The highest BCUT2D eigenvalue weighted by molar-refractivity contribution is 8.84. The third-order valence-electron chi connectivity index (χ3n) is 1.44. The molecule has 0 aliphatic carbocycles. The van der Waals surface area contributed by atoms with Crippen LogP contribution in [0.1, 0.15) is 39.5 Å². The van der Waals surface area contributed by atoms with Gasteiger partial charge in [-0.15, -0.1) is 0 Å². The number of hydrogen-bond donors (Lipinski definition) is 0. The molecule has 12 heavy (non-hydrogen) atoms. The number of rotatable bonds is 8. The normalized spacial score (nSPS) is 10.9. The van der Waals surface area contributed by atoms with Crippen molar-refractivity contribution in [3.05, 3.63) is 0 Å². The van der Waals surface area contributed by atoms with Crippen LogP contribution in [0.5, 0.6) is 0 Å². The second-order valence-corrected chi connectivity index (χ2v) is 9.28. The summed E-state index contributed by atoms with van der Waals surface area (Å²) in [6, 6.07) is 0. The Bertz CT molecular complexity index is 108. The summed E-state index contributed by atoms with van der Waals surface area (Å²) in [5.74, 6) is 2.15. The van der Waals surface area contributed by atoms with Gasteiger partial charge in [0.15, 0.2) is 6.20 Å². The monoisotopic (exact) mass is 226 g/mol. The average molecular weight is 226 g/mol. The van der Waals surface area contributed by atoms with Crippen molar-refractivity contribution in [2.24, 2.45) is 0 Å². The van der Waals surface area contributed by atoms with Gasteiger partial charge in [0, 0.05) is 11.5 Å². The molecule has 4 heteroatoms. The lowest BCUT2D eigenvalue weighted by Crippen LogP contribution is -1.74. The van der Waals surface area contributed by atoms with Gasteiger partial charge >= 0.3 is 0 Å². The van der Waals surface area contributed by atoms with Gasteiger partial charge in [-0.3, -0.25) is 0 Å². The molecular weight excluding hydrogens is 207 g/mol. The van der Waals surface area contributed by atoms with E-state index in [1.165, 1.54) is 25.7 Å². The molecule has 0 bridgehead atoms. The molecule has 0 atom stereocenters. The molecule has 0 saturated carbocycles. The van der Waals surface area contributed by atoms with Gasteiger partial charge < -0.3 is 4.57 Å². The van der Waals surface area contributed by atoms with E-state index >= 15 is 0 Å². The van der Waals surface area contributed by atoms with Crippen molar-refractivity contribution < 1.29 is 4.57 Å². The first-order valence-electron chi connectivity index (χ1n) is 4.60. The van der Waals surface area contributed by atoms with Crippen LogP contribution >= 0.6 is 29.0 Å². The third-order valence-corrected chi connectivity index (χ3v) is 7.65. The van der Waals surface area contributed by atoms with Gasteiger partial charge in [0.1, 0.15) is 0 Å². The van der Waals surface area contributed by atoms with Crippen molar-refractivity contribution in [2.75, 3.05) is 11.5 Å². The zero-order valence-electron chi connectivity index (χ0n) is 7.97. The maximum Gasteiger partial charge on any atom is 0.179 e. The molecule has 0 rings (SSSR count). The van der Waals surface area contributed by atoms with Crippen LogP contribution in [0.4, 0.5) is 0 Å². The first kappa shape index (κ1) is 12.9. The highest BCUT2D eigenvalue weighted by Gasteiger charge is 1.98. The average Bonchev–Trinajstić information content (AvgIpc) is 2.06. The molecule has 0 radical (unpaired) electrons. The van der Waals surface area contributed by atoms with Crippen molar-refractivity contribution in [3.63, 3.8) is 0 Å². The molecule has 74 valence electrons. The van der Waals surface area contributed by atoms with Gasteiger partial charge in [-0.25, -0.2) is 0 Å². The van der Waals surface area contributed by atoms with Crippen molar-refractivity contribution >= 4 is 29.0 Å². The molecule has 0 amide bonds. The first-order chi connectivity index (χ1) is 5.81. The third kappa shape index (κ3) is 9.02. The standard InChI is InChI=1S/C8H19OPS2/c1-3-5-7-11-10(9)12-8-6-4-2/h10H,3-8H2,1-2H3. The Balaban J connectivity index is 3.10. The van der Waals surface area contributed by atoms with Crippen LogP contribution in [0.25, 0.3) is 0 Å². The highest BCUT2D eigenvalue weighted by atomic mass is 33.1. The minimum Gasteiger partial charge on any atom is -0.304 e. The Hall–Kier alpha value is 0.930. The Morgan fingerprint density at radius 3 is 1.75 bits per heavy atom. The van der Waals surface area contributed by atoms with Gasteiger partial charge in [0.05, 0.1) is 0 Å². The summed E-state index contributed by atoms with van der Waals surface area (Å²) < 4.78 is 11.3. The van der Waals surface area contributed by atoms with Crippen LogP contribution in [-0.4, -0.2) is 11.5 Å². The van der Waals surface area contributed by atoms with Crippen molar-refractivity contribution in [1.29, 1.82) is 0 Å². The van der Waals surface area contributed by atoms with E-state index in [0.29, 0.717) is 0 Å². The van der Waals surface area contributed by atoms with Gasteiger partial charge in [-0.1, -0.05) is 49.5 Å². The van der Waals surface area contributed by atoms with Crippen LogP contribution in [0.3, 0.4) is 0 Å². The SMILES string of the molecule is CCCCS[PH](=O)SCCCC. The van der Waals surface area contributed by atoms with Gasteiger partial charge in [0.2, 0.25) is 0 Å². The van der Waals surface area contributed by atoms with Crippen molar-refractivity contribution in [3.8, 4) is 0 Å². The van der Waals surface area contributed by atoms with Crippen LogP contribution in [0.15, 0.2) is 0 Å². The van der Waals surface area contributed by atoms with Gasteiger partial charge in [-0.05, 0) is 12.8 Å². The lowest BCUT2D eigenvalue weighted by molar-refractivity contribution is 0.603. The number of unbranched alkanes of at least 4 members (excludes halogenated alkanes) is 2. The molecule has 0 aliphatic heterocycles. The summed E-state index contributed by atoms with van der Waals surface area (Å²) in [7, 11) is 0. The van der Waals surface area contributed by atoms with E-state index in [1.807, 2.05) is 0 Å². The van der Waals surface area contributed by atoms with E-state index in [0.717, 1.165) is 11.5 Å². The molecule has 0 aromatic carbocycles. The van der Waals surface area contributed by atoms with Crippen LogP contribution in [-0.2, 0) is 4.57 Å². The van der Waals surface area contributed by atoms with E-state index in [-0.39, 0.29) is 0 Å². The van der Waals surface area contributed by atoms with Gasteiger partial charge in [-0.2, -0.15) is 0 Å². The molecule has 0 saturated heterocycles.